The lowest BCUT2D eigenvalue weighted by Gasteiger charge is -2.27. The van der Waals surface area contributed by atoms with Crippen molar-refractivity contribution in [3.8, 4) is 5.75 Å². The maximum absolute atomic E-state index is 13.3. The summed E-state index contributed by atoms with van der Waals surface area (Å²) in [5.41, 5.74) is 0.177. The third kappa shape index (κ3) is 4.87. The summed E-state index contributed by atoms with van der Waals surface area (Å²) in [5.74, 6) is -1.97. The van der Waals surface area contributed by atoms with Crippen molar-refractivity contribution in [3.63, 3.8) is 0 Å². The van der Waals surface area contributed by atoms with E-state index in [0.29, 0.717) is 12.1 Å². The number of hydrogen-bond donors (Lipinski definition) is 3. The van der Waals surface area contributed by atoms with Gasteiger partial charge in [0, 0.05) is 12.2 Å². The monoisotopic (exact) mass is 440 g/mol. The molecule has 1 aromatic heterocycles. The van der Waals surface area contributed by atoms with Gasteiger partial charge in [-0.05, 0) is 68.4 Å². The summed E-state index contributed by atoms with van der Waals surface area (Å²) < 4.78 is 1.73. The minimum Gasteiger partial charge on any atom is -0.508 e. The van der Waals surface area contributed by atoms with Gasteiger partial charge in [-0.1, -0.05) is 38.3 Å². The van der Waals surface area contributed by atoms with Crippen LogP contribution in [-0.2, 0) is 29.7 Å². The number of rotatable bonds is 7. The van der Waals surface area contributed by atoms with Crippen molar-refractivity contribution in [1.82, 2.24) is 9.88 Å². The van der Waals surface area contributed by atoms with Crippen molar-refractivity contribution in [2.24, 2.45) is 0 Å². The van der Waals surface area contributed by atoms with Gasteiger partial charge in [-0.25, -0.2) is 4.79 Å². The number of aromatic hydroxyl groups is 1. The van der Waals surface area contributed by atoms with Crippen LogP contribution in [0.3, 0.4) is 0 Å². The fraction of sp³-hybridized carbons (Fsp3) is 0.480. The zero-order valence-electron chi connectivity index (χ0n) is 18.8. The number of carboxylic acid groups (broad SMARTS) is 1. The summed E-state index contributed by atoms with van der Waals surface area (Å²) in [5, 5.41) is 22.0. The van der Waals surface area contributed by atoms with E-state index in [1.165, 1.54) is 31.2 Å². The van der Waals surface area contributed by atoms with Crippen LogP contribution in [0.1, 0.15) is 79.6 Å². The molecule has 1 aliphatic carbocycles. The first-order valence-electron chi connectivity index (χ1n) is 11.4. The van der Waals surface area contributed by atoms with Gasteiger partial charge in [0.25, 0.3) is 11.5 Å². The second kappa shape index (κ2) is 10.0. The lowest BCUT2D eigenvalue weighted by molar-refractivity contribution is -0.144. The first-order valence-corrected chi connectivity index (χ1v) is 11.4. The quantitative estimate of drug-likeness (QED) is 0.608. The predicted octanol–water partition coefficient (Wildman–Crippen LogP) is 3.74. The molecule has 0 radical (unpaired) electrons. The van der Waals surface area contributed by atoms with Gasteiger partial charge in [0.1, 0.15) is 11.3 Å². The number of phenolic OH excluding ortho intramolecular Hbond substituents is 1. The third-order valence-corrected chi connectivity index (χ3v) is 6.32. The highest BCUT2D eigenvalue weighted by atomic mass is 16.4. The molecule has 0 aliphatic heterocycles. The Bertz CT molecular complexity index is 1040. The number of hydrogen-bond acceptors (Lipinski definition) is 4. The van der Waals surface area contributed by atoms with Gasteiger partial charge in [0.15, 0.2) is 5.54 Å². The minimum absolute atomic E-state index is 0.00621. The maximum Gasteiger partial charge on any atom is 0.333 e. The zero-order valence-corrected chi connectivity index (χ0v) is 18.8. The number of benzene rings is 1. The number of amides is 1. The molecule has 3 rings (SSSR count). The number of fused-ring (bicyclic) bond motifs is 1. The average Bonchev–Trinajstić information content (AvgIpc) is 2.74. The minimum atomic E-state index is -1.75. The van der Waals surface area contributed by atoms with Crippen molar-refractivity contribution in [2.75, 3.05) is 0 Å². The molecule has 7 nitrogen and oxygen atoms in total. The van der Waals surface area contributed by atoms with E-state index in [0.717, 1.165) is 62.6 Å². The Morgan fingerprint density at radius 2 is 1.75 bits per heavy atom. The van der Waals surface area contributed by atoms with E-state index < -0.39 is 17.4 Å². The van der Waals surface area contributed by atoms with Crippen molar-refractivity contribution in [2.45, 2.75) is 77.3 Å². The Morgan fingerprint density at radius 1 is 1.09 bits per heavy atom. The first-order chi connectivity index (χ1) is 15.3. The fourth-order valence-electron chi connectivity index (χ4n) is 4.29. The van der Waals surface area contributed by atoms with E-state index in [2.05, 4.69) is 12.2 Å². The van der Waals surface area contributed by atoms with E-state index >= 15 is 0 Å². The molecule has 7 heteroatoms. The van der Waals surface area contributed by atoms with Crippen molar-refractivity contribution in [3.05, 3.63) is 63.1 Å². The molecule has 1 heterocycles. The Kier molecular flexibility index (Phi) is 7.38. The lowest BCUT2D eigenvalue weighted by Crippen LogP contribution is -2.51. The number of nitrogens with zero attached hydrogens (tertiary/aromatic N) is 1. The summed E-state index contributed by atoms with van der Waals surface area (Å²) in [6.07, 6.45) is 7.64. The molecule has 1 unspecified atom stereocenters. The van der Waals surface area contributed by atoms with Crippen LogP contribution in [0.2, 0.25) is 0 Å². The van der Waals surface area contributed by atoms with Gasteiger partial charge in [0.05, 0.1) is 0 Å². The fourth-order valence-corrected chi connectivity index (χ4v) is 4.29. The molecule has 2 aromatic rings. The van der Waals surface area contributed by atoms with E-state index in [4.69, 9.17) is 0 Å². The van der Waals surface area contributed by atoms with E-state index in [1.54, 1.807) is 10.6 Å². The van der Waals surface area contributed by atoms with Crippen LogP contribution in [0, 0.1) is 0 Å². The molecule has 0 saturated carbocycles. The summed E-state index contributed by atoms with van der Waals surface area (Å²) in [6, 6.07) is 7.30. The SMILES string of the molecule is CCCCn1c2c(cc(C(=O)NC(C)(C(=O)O)c3ccc(O)cc3)c1=O)CCCCCC2. The van der Waals surface area contributed by atoms with Crippen LogP contribution in [0.25, 0.3) is 0 Å². The summed E-state index contributed by atoms with van der Waals surface area (Å²) in [7, 11) is 0. The summed E-state index contributed by atoms with van der Waals surface area (Å²) in [6.45, 7) is 3.98. The number of phenols is 1. The largest absolute Gasteiger partial charge is 0.508 e. The molecule has 0 saturated heterocycles. The number of aryl methyl sites for hydroxylation is 1. The lowest BCUT2D eigenvalue weighted by atomic mass is 9.91. The van der Waals surface area contributed by atoms with Gasteiger partial charge < -0.3 is 20.1 Å². The highest BCUT2D eigenvalue weighted by Crippen LogP contribution is 2.25. The Labute approximate surface area is 188 Å². The molecule has 0 spiro atoms. The number of pyridine rings is 1. The van der Waals surface area contributed by atoms with Crippen LogP contribution in [0.4, 0.5) is 0 Å². The predicted molar refractivity (Wildman–Crippen MR) is 122 cm³/mol. The molecule has 32 heavy (non-hydrogen) atoms. The number of carbonyl (C=O) groups is 2. The third-order valence-electron chi connectivity index (χ3n) is 6.32. The number of aliphatic carboxylic acids is 1. The van der Waals surface area contributed by atoms with Crippen LogP contribution in [0.5, 0.6) is 5.75 Å². The van der Waals surface area contributed by atoms with E-state index in [9.17, 15) is 24.6 Å². The van der Waals surface area contributed by atoms with Gasteiger partial charge in [-0.2, -0.15) is 0 Å². The Balaban J connectivity index is 2.04. The molecular weight excluding hydrogens is 408 g/mol. The second-order valence-electron chi connectivity index (χ2n) is 8.69. The molecule has 1 amide bonds. The molecule has 3 N–H and O–H groups in total. The number of unbranched alkanes of at least 4 members (excludes halogenated alkanes) is 1. The van der Waals surface area contributed by atoms with Crippen LogP contribution < -0.4 is 10.9 Å². The summed E-state index contributed by atoms with van der Waals surface area (Å²) >= 11 is 0. The smallest absolute Gasteiger partial charge is 0.333 e. The molecule has 1 aliphatic rings. The average molecular weight is 441 g/mol. The van der Waals surface area contributed by atoms with E-state index in [1.807, 2.05) is 0 Å². The van der Waals surface area contributed by atoms with Gasteiger partial charge in [0.2, 0.25) is 0 Å². The normalized spacial score (nSPS) is 15.7. The summed E-state index contributed by atoms with van der Waals surface area (Å²) in [4.78, 5) is 38.7. The van der Waals surface area contributed by atoms with Crippen LogP contribution >= 0.6 is 0 Å². The molecule has 0 fully saturated rings. The number of aromatic nitrogens is 1. The number of carbonyl (C=O) groups excluding carboxylic acids is 1. The molecule has 0 bridgehead atoms. The van der Waals surface area contributed by atoms with E-state index in [-0.39, 0.29) is 16.9 Å². The topological polar surface area (TPSA) is 109 Å². The van der Waals surface area contributed by atoms with Crippen molar-refractivity contribution < 1.29 is 19.8 Å². The Morgan fingerprint density at radius 3 is 2.38 bits per heavy atom. The van der Waals surface area contributed by atoms with Gasteiger partial charge in [-0.15, -0.1) is 0 Å². The van der Waals surface area contributed by atoms with Gasteiger partial charge >= 0.3 is 5.97 Å². The van der Waals surface area contributed by atoms with Gasteiger partial charge in [-0.3, -0.25) is 9.59 Å². The molecule has 1 atom stereocenters. The molecule has 1 aromatic carbocycles. The molecule has 172 valence electrons. The highest BCUT2D eigenvalue weighted by molar-refractivity contribution is 5.98. The molecular formula is C25H32N2O5. The highest BCUT2D eigenvalue weighted by Gasteiger charge is 2.38. The standard InChI is InChI=1S/C25H32N2O5/c1-3-4-15-27-21-10-8-6-5-7-9-17(21)16-20(23(27)30)22(29)26-25(2,24(31)32)18-11-13-19(28)14-12-18/h11-14,16,28H,3-10,15H2,1-2H3,(H,26,29)(H,31,32). The number of carboxylic acids is 1. The first kappa shape index (κ1) is 23.6. The van der Waals surface area contributed by atoms with Crippen molar-refractivity contribution >= 4 is 11.9 Å². The van der Waals surface area contributed by atoms with Crippen molar-refractivity contribution in [1.29, 1.82) is 0 Å². The Hall–Kier alpha value is -3.09. The second-order valence-corrected chi connectivity index (χ2v) is 8.69. The van der Waals surface area contributed by atoms with Crippen LogP contribution in [-0.4, -0.2) is 26.7 Å². The zero-order chi connectivity index (χ0) is 23.3. The van der Waals surface area contributed by atoms with Crippen LogP contribution in [0.15, 0.2) is 35.1 Å². The maximum atomic E-state index is 13.3. The number of nitrogens with one attached hydrogen (secondary N) is 1.